The number of benzene rings is 1. The van der Waals surface area contributed by atoms with Crippen LogP contribution in [-0.2, 0) is 11.3 Å². The summed E-state index contributed by atoms with van der Waals surface area (Å²) in [5.74, 6) is 0. The molecule has 1 aromatic carbocycles. The van der Waals surface area contributed by atoms with Crippen molar-refractivity contribution in [2.45, 2.75) is 32.2 Å². The fourth-order valence-electron chi connectivity index (χ4n) is 2.60. The minimum atomic E-state index is 0.726. The molecular formula is C16H25ClN2O. The van der Waals surface area contributed by atoms with E-state index < -0.39 is 0 Å². The molecule has 1 saturated heterocycles. The van der Waals surface area contributed by atoms with Crippen molar-refractivity contribution >= 4 is 17.3 Å². The summed E-state index contributed by atoms with van der Waals surface area (Å²) < 4.78 is 5.02. The molecule has 0 spiro atoms. The molecule has 0 atom stereocenters. The van der Waals surface area contributed by atoms with Crippen LogP contribution in [-0.4, -0.2) is 33.4 Å². The third-order valence-corrected chi connectivity index (χ3v) is 4.16. The molecule has 0 aromatic heterocycles. The van der Waals surface area contributed by atoms with Gasteiger partial charge < -0.3 is 15.0 Å². The number of halogens is 1. The van der Waals surface area contributed by atoms with Gasteiger partial charge >= 0.3 is 0 Å². The van der Waals surface area contributed by atoms with E-state index in [2.05, 4.69) is 28.4 Å². The lowest BCUT2D eigenvalue weighted by atomic mass is 10.2. The Morgan fingerprint density at radius 1 is 1.20 bits per heavy atom. The Hall–Kier alpha value is -0.770. The van der Waals surface area contributed by atoms with E-state index in [0.29, 0.717) is 0 Å². The third-order valence-electron chi connectivity index (χ3n) is 3.81. The van der Waals surface area contributed by atoms with Gasteiger partial charge in [-0.3, -0.25) is 0 Å². The van der Waals surface area contributed by atoms with Gasteiger partial charge in [-0.15, -0.1) is 0 Å². The molecular weight excluding hydrogens is 272 g/mol. The summed E-state index contributed by atoms with van der Waals surface area (Å²) in [4.78, 5) is 2.46. The predicted molar refractivity (Wildman–Crippen MR) is 85.7 cm³/mol. The topological polar surface area (TPSA) is 24.5 Å². The average Bonchev–Trinajstić information content (AvgIpc) is 2.74. The molecule has 1 fully saturated rings. The van der Waals surface area contributed by atoms with Gasteiger partial charge in [-0.05, 0) is 30.5 Å². The molecule has 0 saturated carbocycles. The molecule has 2 rings (SSSR count). The first-order chi connectivity index (χ1) is 9.81. The van der Waals surface area contributed by atoms with Gasteiger partial charge in [-0.2, -0.15) is 0 Å². The number of rotatable bonds is 6. The number of hydrogen-bond acceptors (Lipinski definition) is 3. The van der Waals surface area contributed by atoms with Crippen LogP contribution >= 0.6 is 11.6 Å². The zero-order valence-corrected chi connectivity index (χ0v) is 13.1. The van der Waals surface area contributed by atoms with Crippen molar-refractivity contribution in [1.82, 2.24) is 5.32 Å². The van der Waals surface area contributed by atoms with Gasteiger partial charge in [-0.1, -0.05) is 30.5 Å². The Bertz CT molecular complexity index is 403. The van der Waals surface area contributed by atoms with Gasteiger partial charge in [0.2, 0.25) is 0 Å². The maximum absolute atomic E-state index is 6.40. The summed E-state index contributed by atoms with van der Waals surface area (Å²) in [7, 11) is 1.71. The molecule has 0 unspecified atom stereocenters. The van der Waals surface area contributed by atoms with E-state index in [4.69, 9.17) is 16.3 Å². The van der Waals surface area contributed by atoms with Gasteiger partial charge in [0.05, 0.1) is 6.61 Å². The van der Waals surface area contributed by atoms with Crippen molar-refractivity contribution in [1.29, 1.82) is 0 Å². The van der Waals surface area contributed by atoms with Gasteiger partial charge in [0, 0.05) is 44.0 Å². The maximum Gasteiger partial charge on any atom is 0.0587 e. The van der Waals surface area contributed by atoms with E-state index in [1.54, 1.807) is 7.11 Å². The van der Waals surface area contributed by atoms with Gasteiger partial charge in [-0.25, -0.2) is 0 Å². The zero-order chi connectivity index (χ0) is 14.2. The number of hydrogen-bond donors (Lipinski definition) is 1. The Balaban J connectivity index is 1.94. The second kappa shape index (κ2) is 8.50. The lowest BCUT2D eigenvalue weighted by Gasteiger charge is -2.23. The second-order valence-electron chi connectivity index (χ2n) is 5.35. The van der Waals surface area contributed by atoms with Gasteiger partial charge in [0.25, 0.3) is 0 Å². The SMILES string of the molecule is COCCNCc1ccc(N2CCCCCC2)cc1Cl. The number of nitrogens with zero attached hydrogens (tertiary/aromatic N) is 1. The number of anilines is 1. The molecule has 4 heteroatoms. The van der Waals surface area contributed by atoms with Crippen molar-refractivity contribution < 1.29 is 4.74 Å². The van der Waals surface area contributed by atoms with Crippen LogP contribution in [0.2, 0.25) is 5.02 Å². The largest absolute Gasteiger partial charge is 0.383 e. The molecule has 1 aromatic rings. The van der Waals surface area contributed by atoms with Crippen molar-refractivity contribution in [2.24, 2.45) is 0 Å². The maximum atomic E-state index is 6.40. The highest BCUT2D eigenvalue weighted by Gasteiger charge is 2.11. The van der Waals surface area contributed by atoms with Gasteiger partial charge in [0.1, 0.15) is 0 Å². The average molecular weight is 297 g/mol. The summed E-state index contributed by atoms with van der Waals surface area (Å²) in [6.07, 6.45) is 5.29. The fraction of sp³-hybridized carbons (Fsp3) is 0.625. The molecule has 0 aliphatic carbocycles. The van der Waals surface area contributed by atoms with Crippen molar-refractivity contribution in [2.75, 3.05) is 38.3 Å². The van der Waals surface area contributed by atoms with Gasteiger partial charge in [0.15, 0.2) is 0 Å². The smallest absolute Gasteiger partial charge is 0.0587 e. The minimum Gasteiger partial charge on any atom is -0.383 e. The van der Waals surface area contributed by atoms with E-state index in [1.807, 2.05) is 0 Å². The lowest BCUT2D eigenvalue weighted by Crippen LogP contribution is -2.24. The van der Waals surface area contributed by atoms with E-state index in [-0.39, 0.29) is 0 Å². The highest BCUT2D eigenvalue weighted by atomic mass is 35.5. The predicted octanol–water partition coefficient (Wildman–Crippen LogP) is 3.46. The highest BCUT2D eigenvalue weighted by Crippen LogP contribution is 2.25. The first-order valence-electron chi connectivity index (χ1n) is 7.54. The van der Waals surface area contributed by atoms with Crippen LogP contribution in [0.25, 0.3) is 0 Å². The number of methoxy groups -OCH3 is 1. The summed E-state index contributed by atoms with van der Waals surface area (Å²) in [5.41, 5.74) is 2.42. The molecule has 1 heterocycles. The van der Waals surface area contributed by atoms with Crippen molar-refractivity contribution in [3.63, 3.8) is 0 Å². The van der Waals surface area contributed by atoms with Crippen LogP contribution in [0.4, 0.5) is 5.69 Å². The summed E-state index contributed by atoms with van der Waals surface area (Å²) in [6, 6.07) is 6.45. The molecule has 0 bridgehead atoms. The molecule has 20 heavy (non-hydrogen) atoms. The Kier molecular flexibility index (Phi) is 6.64. The second-order valence-corrected chi connectivity index (χ2v) is 5.75. The number of nitrogens with one attached hydrogen (secondary N) is 1. The van der Waals surface area contributed by atoms with Crippen LogP contribution in [0.3, 0.4) is 0 Å². The molecule has 1 aliphatic rings. The molecule has 0 amide bonds. The monoisotopic (exact) mass is 296 g/mol. The highest BCUT2D eigenvalue weighted by molar-refractivity contribution is 6.31. The van der Waals surface area contributed by atoms with Crippen LogP contribution in [0.15, 0.2) is 18.2 Å². The van der Waals surface area contributed by atoms with Crippen LogP contribution in [0.1, 0.15) is 31.2 Å². The summed E-state index contributed by atoms with van der Waals surface area (Å²) in [6.45, 7) is 4.68. The fourth-order valence-corrected chi connectivity index (χ4v) is 2.84. The van der Waals surface area contributed by atoms with E-state index >= 15 is 0 Å². The normalized spacial score (nSPS) is 16.2. The quantitative estimate of drug-likeness (QED) is 0.814. The summed E-state index contributed by atoms with van der Waals surface area (Å²) in [5, 5.41) is 4.19. The first-order valence-corrected chi connectivity index (χ1v) is 7.92. The number of ether oxygens (including phenoxy) is 1. The molecule has 112 valence electrons. The van der Waals surface area contributed by atoms with Crippen LogP contribution < -0.4 is 10.2 Å². The Labute approximate surface area is 127 Å². The minimum absolute atomic E-state index is 0.726. The Morgan fingerprint density at radius 2 is 1.95 bits per heavy atom. The van der Waals surface area contributed by atoms with Crippen LogP contribution in [0, 0.1) is 0 Å². The summed E-state index contributed by atoms with van der Waals surface area (Å²) >= 11 is 6.40. The Morgan fingerprint density at radius 3 is 2.60 bits per heavy atom. The molecule has 1 N–H and O–H groups in total. The van der Waals surface area contributed by atoms with Crippen molar-refractivity contribution in [3.05, 3.63) is 28.8 Å². The molecule has 3 nitrogen and oxygen atoms in total. The van der Waals surface area contributed by atoms with E-state index in [9.17, 15) is 0 Å². The molecule has 1 aliphatic heterocycles. The standard InChI is InChI=1S/C16H25ClN2O/c1-20-11-8-18-13-14-6-7-15(12-16(14)17)19-9-4-2-3-5-10-19/h6-7,12,18H,2-5,8-11,13H2,1H3. The third kappa shape index (κ3) is 4.65. The zero-order valence-electron chi connectivity index (χ0n) is 12.3. The van der Waals surface area contributed by atoms with E-state index in [1.165, 1.54) is 31.4 Å². The van der Waals surface area contributed by atoms with Crippen molar-refractivity contribution in [3.8, 4) is 0 Å². The van der Waals surface area contributed by atoms with E-state index in [0.717, 1.165) is 43.4 Å². The first kappa shape index (κ1) is 15.6. The lowest BCUT2D eigenvalue weighted by molar-refractivity contribution is 0.199. The van der Waals surface area contributed by atoms with Crippen LogP contribution in [0.5, 0.6) is 0 Å². The molecule has 0 radical (unpaired) electrons.